The average molecular weight is 1560 g/mol. The van der Waals surface area contributed by atoms with E-state index in [1.165, 1.54) is 0 Å². The number of aliphatic hydroxyl groups excluding tert-OH is 28. The highest BCUT2D eigenvalue weighted by Gasteiger charge is 2.60. The lowest BCUT2D eigenvalue weighted by molar-refractivity contribution is -0.411. The van der Waals surface area contributed by atoms with E-state index in [4.69, 9.17) is 75.8 Å². The van der Waals surface area contributed by atoms with Crippen LogP contribution >= 0.6 is 0 Å². The topological polar surface area (TPSA) is 772 Å². The van der Waals surface area contributed by atoms with Crippen molar-refractivity contribution in [3.8, 4) is 0 Å². The van der Waals surface area contributed by atoms with Crippen LogP contribution in [0.1, 0.15) is 13.8 Å². The third kappa shape index (κ3) is 19.5. The largest absolute Gasteiger partial charge is 0.394 e. The molecule has 30 N–H and O–H groups in total. The summed E-state index contributed by atoms with van der Waals surface area (Å²) in [7, 11) is 0. The molecule has 0 unspecified atom stereocenters. The fourth-order valence-corrected chi connectivity index (χ4v) is 13.2. The lowest BCUT2D eigenvalue weighted by Crippen LogP contribution is -2.70. The third-order valence-electron chi connectivity index (χ3n) is 19.2. The smallest absolute Gasteiger partial charge is 0.217 e. The Balaban J connectivity index is 1.09. The Morgan fingerprint density at radius 3 is 1.04 bits per heavy atom. The van der Waals surface area contributed by atoms with E-state index in [9.17, 15) is 153 Å². The highest BCUT2D eigenvalue weighted by molar-refractivity contribution is 5.73. The Bertz CT molecular complexity index is 2660. The van der Waals surface area contributed by atoms with Gasteiger partial charge in [-0.15, -0.1) is 0 Å². The van der Waals surface area contributed by atoms with Gasteiger partial charge in [-0.3, -0.25) is 9.59 Å². The fraction of sp³-hybridized carbons (Fsp3) is 0.966. The quantitative estimate of drug-likeness (QED) is 0.0306. The first kappa shape index (κ1) is 88.7. The highest BCUT2D eigenvalue weighted by Crippen LogP contribution is 2.40. The van der Waals surface area contributed by atoms with Gasteiger partial charge < -0.3 is 229 Å². The number of hydrogen-bond acceptors (Lipinski definition) is 46. The van der Waals surface area contributed by atoms with Gasteiger partial charge in [-0.05, 0) is 0 Å². The van der Waals surface area contributed by atoms with Gasteiger partial charge in [0.2, 0.25) is 11.8 Å². The standard InChI is InChI=1S/C58H100N2O46/c1-13(70)59-15(3-61)26(73)44(16(72)4-62)100-51-25(60-14(2)71)34(81)45(23(11-69)98-51)101-56-43(90)48(33(80)24(99-56)12-91-52-39(86)35(82)27(74)17(5-63)92-52)104-57-50(38(85)30(77)19(7-65)96-57)106-58-49(37(84)29(76)20(8-66)97-58)105-55-42(89)47(32(79)22(10-68)95-55)103-54-41(88)46(31(78)21(9-67)94-54)102-53-40(87)36(83)28(75)18(6-64)93-53/h15-58,61-69,72-90H,3-12H2,1-2H3,(H,59,70)(H,60,71)/t15-,16+,17+,18+,19+,20+,21+,22+,23+,24+,25+,26+,27+,28+,29+,30+,31+,32+,33+,34+,35-,36-,37-,38-,39-,40+,41+,42-,43-,44+,45+,46-,47-,48-,49-,50-,51-,52-,53+,54+,55+,56-,57+,58+/m0/s1. The molecule has 0 aromatic heterocycles. The summed E-state index contributed by atoms with van der Waals surface area (Å²) in [6.45, 7) is -9.10. The summed E-state index contributed by atoms with van der Waals surface area (Å²) in [5, 5.41) is 311. The lowest BCUT2D eigenvalue weighted by Gasteiger charge is -2.51. The molecular formula is C58H100N2O46. The second kappa shape index (κ2) is 39.3. The maximum absolute atomic E-state index is 12.8. The molecule has 48 nitrogen and oxygen atoms in total. The number of carbonyl (C=O) groups is 2. The summed E-state index contributed by atoms with van der Waals surface area (Å²) in [5.74, 6) is -1.75. The summed E-state index contributed by atoms with van der Waals surface area (Å²) in [6.07, 6.45) is -90.4. The van der Waals surface area contributed by atoms with E-state index in [2.05, 4.69) is 10.6 Å². The molecule has 8 rings (SSSR count). The van der Waals surface area contributed by atoms with Crippen molar-refractivity contribution in [2.45, 2.75) is 284 Å². The Hall–Kier alpha value is -2.82. The van der Waals surface area contributed by atoms with E-state index in [-0.39, 0.29) is 0 Å². The molecule has 0 radical (unpaired) electrons. The summed E-state index contributed by atoms with van der Waals surface area (Å²) in [4.78, 5) is 24.8. The van der Waals surface area contributed by atoms with E-state index < -0.39 is 348 Å². The summed E-state index contributed by atoms with van der Waals surface area (Å²) < 4.78 is 92.7. The van der Waals surface area contributed by atoms with E-state index in [0.29, 0.717) is 0 Å². The van der Waals surface area contributed by atoms with Crippen LogP contribution in [-0.2, 0) is 85.4 Å². The van der Waals surface area contributed by atoms with Gasteiger partial charge in [0.1, 0.15) is 214 Å². The van der Waals surface area contributed by atoms with Crippen LogP contribution in [0.5, 0.6) is 0 Å². The van der Waals surface area contributed by atoms with Crippen LogP contribution in [0.2, 0.25) is 0 Å². The fourth-order valence-electron chi connectivity index (χ4n) is 13.2. The predicted molar refractivity (Wildman–Crippen MR) is 322 cm³/mol. The molecule has 0 aromatic rings. The first-order valence-corrected chi connectivity index (χ1v) is 33.6. The van der Waals surface area contributed by atoms with E-state index in [1.54, 1.807) is 0 Å². The van der Waals surface area contributed by atoms with Crippen molar-refractivity contribution >= 4 is 11.8 Å². The van der Waals surface area contributed by atoms with Gasteiger partial charge in [-0.2, -0.15) is 0 Å². The van der Waals surface area contributed by atoms with Crippen LogP contribution in [0.25, 0.3) is 0 Å². The number of rotatable bonds is 31. The monoisotopic (exact) mass is 1560 g/mol. The minimum Gasteiger partial charge on any atom is -0.394 e. The molecule has 8 aliphatic rings. The van der Waals surface area contributed by atoms with Crippen LogP contribution in [0.15, 0.2) is 0 Å². The Morgan fingerprint density at radius 1 is 0.321 bits per heavy atom. The van der Waals surface area contributed by atoms with E-state index in [1.807, 2.05) is 0 Å². The van der Waals surface area contributed by atoms with E-state index in [0.717, 1.165) is 13.8 Å². The molecular weight excluding hydrogens is 1460 g/mol. The maximum Gasteiger partial charge on any atom is 0.217 e. The molecule has 8 heterocycles. The molecule has 0 bridgehead atoms. The maximum atomic E-state index is 12.8. The Morgan fingerprint density at radius 2 is 0.642 bits per heavy atom. The van der Waals surface area contributed by atoms with Gasteiger partial charge in [0.05, 0.1) is 72.1 Å². The van der Waals surface area contributed by atoms with Crippen molar-refractivity contribution < 1.29 is 228 Å². The van der Waals surface area contributed by atoms with Crippen molar-refractivity contribution in [1.29, 1.82) is 0 Å². The SMILES string of the molecule is CC(=O)N[C@H]1[C@H](O[C@@H]([C@H](O)[C@H](CO)NC(C)=O)[C@H](O)CO)O[C@H](CO)[C@@H](O[C@@H]2O[C@H](CO[C@H]3O[C@H](CO)[C@@H](O)[C@H](O)[C@@H]3O)[C@@H](O)[C@H](O[C@H]3O[C@H](CO)[C@@H](O)[C@H](O)[C@@H]3O[C@H]3O[C@H](CO)[C@@H](O)[C@H](O)[C@@H]3O[C@H]3O[C@H](CO)[C@@H](O)[C@H](O[C@H]4O[C@H](CO)[C@@H](O)[C@H](O[C@H]5O[C@H](CO)[C@@H](O)[C@H](O)[C@H]5O)[C@H]4O)[C@@H]3O)[C@@H]2O)[C@@H]1O. The van der Waals surface area contributed by atoms with Crippen molar-refractivity contribution in [3.05, 3.63) is 0 Å². The average Bonchev–Trinajstić information content (AvgIpc) is 0.770. The molecule has 48 heteroatoms. The zero-order chi connectivity index (χ0) is 78.4. The van der Waals surface area contributed by atoms with Crippen LogP contribution in [0.4, 0.5) is 0 Å². The van der Waals surface area contributed by atoms with Crippen molar-refractivity contribution in [2.75, 3.05) is 66.1 Å². The first-order valence-electron chi connectivity index (χ1n) is 33.6. The highest BCUT2D eigenvalue weighted by atomic mass is 16.8. The van der Waals surface area contributed by atoms with Gasteiger partial charge in [0.25, 0.3) is 0 Å². The van der Waals surface area contributed by atoms with Crippen LogP contribution in [0, 0.1) is 0 Å². The van der Waals surface area contributed by atoms with Crippen molar-refractivity contribution in [1.82, 2.24) is 10.6 Å². The molecule has 8 saturated heterocycles. The lowest BCUT2D eigenvalue weighted by atomic mass is 9.94. The number of amides is 2. The van der Waals surface area contributed by atoms with Crippen molar-refractivity contribution in [3.63, 3.8) is 0 Å². The number of nitrogens with one attached hydrogen (secondary N) is 2. The number of carbonyl (C=O) groups excluding carboxylic acids is 2. The van der Waals surface area contributed by atoms with E-state index >= 15 is 0 Å². The van der Waals surface area contributed by atoms with Gasteiger partial charge in [-0.25, -0.2) is 0 Å². The number of hydrogen-bond donors (Lipinski definition) is 30. The van der Waals surface area contributed by atoms with Crippen molar-refractivity contribution in [2.24, 2.45) is 0 Å². The molecule has 0 aliphatic carbocycles. The van der Waals surface area contributed by atoms with Gasteiger partial charge in [0.15, 0.2) is 50.3 Å². The molecule has 0 saturated carbocycles. The second-order valence-electron chi connectivity index (χ2n) is 26.5. The Kier molecular flexibility index (Phi) is 32.9. The summed E-state index contributed by atoms with van der Waals surface area (Å²) in [5.41, 5.74) is 0. The minimum atomic E-state index is -2.55. The molecule has 44 atom stereocenters. The normalized spacial score (nSPS) is 48.0. The summed E-state index contributed by atoms with van der Waals surface area (Å²) >= 11 is 0. The van der Waals surface area contributed by atoms with Crippen LogP contribution in [-0.4, -0.2) is 491 Å². The van der Waals surface area contributed by atoms with Gasteiger partial charge in [-0.1, -0.05) is 0 Å². The zero-order valence-electron chi connectivity index (χ0n) is 56.3. The zero-order valence-corrected chi connectivity index (χ0v) is 56.3. The second-order valence-corrected chi connectivity index (χ2v) is 26.5. The molecule has 106 heavy (non-hydrogen) atoms. The summed E-state index contributed by atoms with van der Waals surface area (Å²) in [6, 6.07) is -3.56. The molecule has 618 valence electrons. The third-order valence-corrected chi connectivity index (χ3v) is 19.2. The molecule has 8 aliphatic heterocycles. The number of ether oxygens (including phenoxy) is 16. The van der Waals surface area contributed by atoms with Gasteiger partial charge >= 0.3 is 0 Å². The molecule has 0 spiro atoms. The molecule has 8 fully saturated rings. The van der Waals surface area contributed by atoms with Gasteiger partial charge in [0, 0.05) is 13.8 Å². The Labute approximate surface area is 599 Å². The van der Waals surface area contributed by atoms with Crippen LogP contribution < -0.4 is 10.6 Å². The molecule has 2 amide bonds. The van der Waals surface area contributed by atoms with Crippen LogP contribution in [0.3, 0.4) is 0 Å². The first-order chi connectivity index (χ1) is 50.2. The predicted octanol–water partition coefficient (Wildman–Crippen LogP) is -20.7. The molecule has 0 aromatic carbocycles. The number of aliphatic hydroxyl groups is 28. The minimum absolute atomic E-state index is 0.797.